The second-order valence-corrected chi connectivity index (χ2v) is 7.34. The van der Waals surface area contributed by atoms with Gasteiger partial charge in [-0.3, -0.25) is 9.59 Å². The lowest BCUT2D eigenvalue weighted by molar-refractivity contribution is -0.147. The Morgan fingerprint density at radius 1 is 1.06 bits per heavy atom. The van der Waals surface area contributed by atoms with Gasteiger partial charge in [0.1, 0.15) is 17.2 Å². The Balaban J connectivity index is 2.28. The van der Waals surface area contributed by atoms with Crippen molar-refractivity contribution in [1.29, 1.82) is 0 Å². The number of unbranched alkanes of at least 4 members (excludes halogenated alkanes) is 1. The maximum Gasteiger partial charge on any atom is 0.394 e. The van der Waals surface area contributed by atoms with E-state index in [0.29, 0.717) is 29.9 Å². The molecule has 172 valence electrons. The van der Waals surface area contributed by atoms with E-state index in [0.717, 1.165) is 19.3 Å². The molecule has 0 aliphatic heterocycles. The first-order valence-corrected chi connectivity index (χ1v) is 10.6. The fourth-order valence-electron chi connectivity index (χ4n) is 3.14. The molecule has 0 fully saturated rings. The van der Waals surface area contributed by atoms with Crippen LogP contribution >= 0.6 is 0 Å². The van der Waals surface area contributed by atoms with E-state index in [1.807, 2.05) is 13.8 Å². The van der Waals surface area contributed by atoms with Crippen LogP contribution in [0.5, 0.6) is 17.2 Å². The van der Waals surface area contributed by atoms with Gasteiger partial charge in [-0.25, -0.2) is 4.79 Å². The molecule has 2 aromatic carbocycles. The number of carbonyl (C=O) groups is 3. The summed E-state index contributed by atoms with van der Waals surface area (Å²) >= 11 is 0. The highest BCUT2D eigenvalue weighted by Crippen LogP contribution is 2.34. The average Bonchev–Trinajstić information content (AvgIpc) is 2.74. The third kappa shape index (κ3) is 6.73. The number of phenols is 1. The van der Waals surface area contributed by atoms with Gasteiger partial charge in [-0.2, -0.15) is 0 Å². The molecule has 1 amide bonds. The Bertz CT molecular complexity index is 971. The lowest BCUT2D eigenvalue weighted by Crippen LogP contribution is -2.25. The molecule has 0 spiro atoms. The molecule has 2 aromatic rings. The zero-order chi connectivity index (χ0) is 23.7. The summed E-state index contributed by atoms with van der Waals surface area (Å²) in [7, 11) is 0. The molecule has 0 bridgehead atoms. The van der Waals surface area contributed by atoms with Crippen LogP contribution in [0.15, 0.2) is 36.4 Å². The van der Waals surface area contributed by atoms with Crippen LogP contribution in [-0.2, 0) is 16.0 Å². The van der Waals surface area contributed by atoms with Crippen LogP contribution in [-0.4, -0.2) is 34.2 Å². The molecule has 0 aliphatic rings. The summed E-state index contributed by atoms with van der Waals surface area (Å²) < 4.78 is 12.1. The number of ketones is 1. The molecule has 0 radical (unpaired) electrons. The van der Waals surface area contributed by atoms with Crippen molar-refractivity contribution in [2.24, 2.45) is 0 Å². The average molecular weight is 443 g/mol. The minimum atomic E-state index is -1.59. The van der Waals surface area contributed by atoms with Crippen LogP contribution in [0.1, 0.15) is 62.4 Å². The predicted octanol–water partition coefficient (Wildman–Crippen LogP) is 4.54. The van der Waals surface area contributed by atoms with Crippen LogP contribution in [0.2, 0.25) is 0 Å². The van der Waals surface area contributed by atoms with Crippen molar-refractivity contribution in [3.63, 3.8) is 0 Å². The number of hydrogen-bond acceptors (Lipinski definition) is 6. The standard InChI is InChI=1S/C24H29NO7/c1-4-6-11-21(31-17-10-7-9-16(14-17)25-23(28)24(29)30)32-20-13-12-18(15(3)26)22(27)19(20)8-5-2/h7,9-10,12-14,21,27H,4-6,8,11H2,1-3H3,(H,25,28)(H,29,30). The van der Waals surface area contributed by atoms with Gasteiger partial charge < -0.3 is 25.0 Å². The van der Waals surface area contributed by atoms with Gasteiger partial charge in [0.25, 0.3) is 0 Å². The van der Waals surface area contributed by atoms with Crippen molar-refractivity contribution in [2.45, 2.75) is 59.2 Å². The third-order valence-electron chi connectivity index (χ3n) is 4.72. The van der Waals surface area contributed by atoms with E-state index in [2.05, 4.69) is 5.32 Å². The predicted molar refractivity (Wildman–Crippen MR) is 119 cm³/mol. The van der Waals surface area contributed by atoms with Crippen LogP contribution in [0.3, 0.4) is 0 Å². The fourth-order valence-corrected chi connectivity index (χ4v) is 3.14. The maximum atomic E-state index is 11.8. The summed E-state index contributed by atoms with van der Waals surface area (Å²) in [5.74, 6) is -2.22. The molecule has 0 aromatic heterocycles. The molecule has 0 saturated heterocycles. The first-order chi connectivity index (χ1) is 15.3. The number of benzene rings is 2. The Kier molecular flexibility index (Phi) is 9.07. The fraction of sp³-hybridized carbons (Fsp3) is 0.375. The highest BCUT2D eigenvalue weighted by Gasteiger charge is 2.20. The molecule has 0 saturated carbocycles. The highest BCUT2D eigenvalue weighted by atomic mass is 16.7. The molecule has 1 atom stereocenters. The van der Waals surface area contributed by atoms with E-state index in [1.165, 1.54) is 19.1 Å². The summed E-state index contributed by atoms with van der Waals surface area (Å²) in [6.07, 6.45) is 2.87. The van der Waals surface area contributed by atoms with Crippen molar-refractivity contribution in [3.8, 4) is 17.2 Å². The maximum absolute atomic E-state index is 11.8. The van der Waals surface area contributed by atoms with E-state index in [-0.39, 0.29) is 22.8 Å². The largest absolute Gasteiger partial charge is 0.507 e. The van der Waals surface area contributed by atoms with Crippen LogP contribution in [0.4, 0.5) is 5.69 Å². The van der Waals surface area contributed by atoms with Gasteiger partial charge in [-0.05, 0) is 44.0 Å². The number of aliphatic carboxylic acids is 1. The second kappa shape index (κ2) is 11.7. The number of carboxylic acids is 1. The third-order valence-corrected chi connectivity index (χ3v) is 4.72. The first-order valence-electron chi connectivity index (χ1n) is 10.6. The van der Waals surface area contributed by atoms with Crippen molar-refractivity contribution in [3.05, 3.63) is 47.5 Å². The molecular formula is C24H29NO7. The van der Waals surface area contributed by atoms with Crippen molar-refractivity contribution in [1.82, 2.24) is 0 Å². The van der Waals surface area contributed by atoms with E-state index in [9.17, 15) is 19.5 Å². The monoisotopic (exact) mass is 443 g/mol. The number of amides is 1. The Labute approximate surface area is 187 Å². The number of hydrogen-bond donors (Lipinski definition) is 3. The van der Waals surface area contributed by atoms with Gasteiger partial charge >= 0.3 is 11.9 Å². The number of carbonyl (C=O) groups excluding carboxylic acids is 2. The van der Waals surface area contributed by atoms with Crippen molar-refractivity contribution >= 4 is 23.3 Å². The zero-order valence-corrected chi connectivity index (χ0v) is 18.5. The number of ether oxygens (including phenoxy) is 2. The van der Waals surface area contributed by atoms with E-state index in [1.54, 1.807) is 24.3 Å². The number of aromatic hydroxyl groups is 1. The van der Waals surface area contributed by atoms with Gasteiger partial charge in [0.15, 0.2) is 5.78 Å². The van der Waals surface area contributed by atoms with Crippen LogP contribution in [0.25, 0.3) is 0 Å². The van der Waals surface area contributed by atoms with Crippen LogP contribution < -0.4 is 14.8 Å². The summed E-state index contributed by atoms with van der Waals surface area (Å²) in [4.78, 5) is 34.0. The summed E-state index contributed by atoms with van der Waals surface area (Å²) in [6.45, 7) is 5.40. The second-order valence-electron chi connectivity index (χ2n) is 7.34. The quantitative estimate of drug-likeness (QED) is 0.265. The summed E-state index contributed by atoms with van der Waals surface area (Å²) in [5.41, 5.74) is 1.07. The zero-order valence-electron chi connectivity index (χ0n) is 18.5. The summed E-state index contributed by atoms with van der Waals surface area (Å²) in [6, 6.07) is 9.54. The lowest BCUT2D eigenvalue weighted by Gasteiger charge is -2.23. The Morgan fingerprint density at radius 2 is 1.81 bits per heavy atom. The molecule has 0 aliphatic carbocycles. The Hall–Kier alpha value is -3.55. The van der Waals surface area contributed by atoms with Gasteiger partial charge in [0.05, 0.1) is 5.56 Å². The van der Waals surface area contributed by atoms with Gasteiger partial charge in [0, 0.05) is 23.7 Å². The molecule has 2 rings (SSSR count). The molecular weight excluding hydrogens is 414 g/mol. The number of carboxylic acid groups (broad SMARTS) is 1. The number of nitrogens with one attached hydrogen (secondary N) is 1. The molecule has 1 unspecified atom stereocenters. The van der Waals surface area contributed by atoms with Gasteiger partial charge in [0.2, 0.25) is 6.29 Å². The van der Waals surface area contributed by atoms with Gasteiger partial charge in [-0.15, -0.1) is 0 Å². The number of rotatable bonds is 11. The van der Waals surface area contributed by atoms with Crippen molar-refractivity contribution < 1.29 is 34.1 Å². The topological polar surface area (TPSA) is 122 Å². The normalized spacial score (nSPS) is 11.5. The van der Waals surface area contributed by atoms with Gasteiger partial charge in [-0.1, -0.05) is 32.8 Å². The SMILES string of the molecule is CCCCC(Oc1cccc(NC(=O)C(=O)O)c1)Oc1ccc(C(C)=O)c(O)c1CCC. The van der Waals surface area contributed by atoms with E-state index in [4.69, 9.17) is 14.6 Å². The molecule has 32 heavy (non-hydrogen) atoms. The molecule has 8 heteroatoms. The summed E-state index contributed by atoms with van der Waals surface area (Å²) in [5, 5.41) is 21.6. The first kappa shape index (κ1) is 24.7. The number of anilines is 1. The molecule has 3 N–H and O–H groups in total. The molecule has 0 heterocycles. The lowest BCUT2D eigenvalue weighted by atomic mass is 10.0. The highest BCUT2D eigenvalue weighted by molar-refractivity contribution is 6.36. The smallest absolute Gasteiger partial charge is 0.394 e. The van der Waals surface area contributed by atoms with E-state index < -0.39 is 18.2 Å². The van der Waals surface area contributed by atoms with Crippen LogP contribution in [0, 0.1) is 0 Å². The Morgan fingerprint density at radius 3 is 2.44 bits per heavy atom. The minimum absolute atomic E-state index is 0.0792. The number of phenolic OH excluding ortho intramolecular Hbond substituents is 1. The molecule has 8 nitrogen and oxygen atoms in total. The minimum Gasteiger partial charge on any atom is -0.507 e. The number of Topliss-reactive ketones (excluding diaryl/α,β-unsaturated/α-hetero) is 1. The van der Waals surface area contributed by atoms with E-state index >= 15 is 0 Å². The van der Waals surface area contributed by atoms with Crippen molar-refractivity contribution in [2.75, 3.05) is 5.32 Å².